The number of fused-ring (bicyclic) bond motifs is 1. The molecule has 3 aromatic rings. The van der Waals surface area contributed by atoms with Crippen molar-refractivity contribution in [1.29, 1.82) is 0 Å². The molecule has 140 valence electrons. The Bertz CT molecular complexity index is 1100. The number of hydrogen-bond donors (Lipinski definition) is 1. The van der Waals surface area contributed by atoms with E-state index in [0.29, 0.717) is 11.4 Å². The van der Waals surface area contributed by atoms with E-state index in [0.717, 1.165) is 52.4 Å². The highest BCUT2D eigenvalue weighted by atomic mass is 35.5. The number of anilines is 1. The molecule has 28 heavy (non-hydrogen) atoms. The Hall–Kier alpha value is -2.85. The van der Waals surface area contributed by atoms with Gasteiger partial charge in [0.05, 0.1) is 11.4 Å². The van der Waals surface area contributed by atoms with Crippen molar-refractivity contribution in [2.45, 2.75) is 32.1 Å². The zero-order valence-corrected chi connectivity index (χ0v) is 16.3. The number of ketones is 1. The summed E-state index contributed by atoms with van der Waals surface area (Å²) in [5.74, 6) is 1.07. The highest BCUT2D eigenvalue weighted by Crippen LogP contribution is 2.47. The summed E-state index contributed by atoms with van der Waals surface area (Å²) in [6, 6.07) is 17.9. The second-order valence-electron chi connectivity index (χ2n) is 7.37. The minimum absolute atomic E-state index is 0.117. The summed E-state index contributed by atoms with van der Waals surface area (Å²) in [6.45, 7) is 2.02. The van der Waals surface area contributed by atoms with Crippen molar-refractivity contribution in [3.63, 3.8) is 0 Å². The van der Waals surface area contributed by atoms with Gasteiger partial charge in [-0.15, -0.1) is 0 Å². The van der Waals surface area contributed by atoms with Crippen LogP contribution in [0.3, 0.4) is 0 Å². The van der Waals surface area contributed by atoms with E-state index in [1.807, 2.05) is 66.2 Å². The molecule has 1 aromatic heterocycles. The van der Waals surface area contributed by atoms with Crippen molar-refractivity contribution < 1.29 is 4.79 Å². The van der Waals surface area contributed by atoms with Gasteiger partial charge in [-0.05, 0) is 49.6 Å². The molecule has 0 amide bonds. The summed E-state index contributed by atoms with van der Waals surface area (Å²) in [6.07, 6.45) is 2.36. The van der Waals surface area contributed by atoms with Crippen molar-refractivity contribution in [2.24, 2.45) is 0 Å². The lowest BCUT2D eigenvalue weighted by Crippen LogP contribution is -2.27. The summed E-state index contributed by atoms with van der Waals surface area (Å²) in [7, 11) is 0. The maximum Gasteiger partial charge on any atom is 0.161 e. The molecule has 1 aliphatic carbocycles. The van der Waals surface area contributed by atoms with Gasteiger partial charge in [0, 0.05) is 34.2 Å². The third-order valence-corrected chi connectivity index (χ3v) is 5.87. The Morgan fingerprint density at radius 1 is 1.07 bits per heavy atom. The molecule has 2 aromatic carbocycles. The van der Waals surface area contributed by atoms with E-state index < -0.39 is 0 Å². The van der Waals surface area contributed by atoms with Crippen LogP contribution in [0.25, 0.3) is 5.69 Å². The maximum atomic E-state index is 12.9. The number of nitrogens with zero attached hydrogens (tertiary/aromatic N) is 2. The predicted octanol–water partition coefficient (Wildman–Crippen LogP) is 5.40. The van der Waals surface area contributed by atoms with Gasteiger partial charge in [0.15, 0.2) is 5.78 Å². The summed E-state index contributed by atoms with van der Waals surface area (Å²) < 4.78 is 1.95. The highest BCUT2D eigenvalue weighted by Gasteiger charge is 2.38. The van der Waals surface area contributed by atoms with Gasteiger partial charge >= 0.3 is 0 Å². The van der Waals surface area contributed by atoms with Crippen LogP contribution in [-0.2, 0) is 4.79 Å². The van der Waals surface area contributed by atoms with Crippen LogP contribution in [0, 0.1) is 6.92 Å². The summed E-state index contributed by atoms with van der Waals surface area (Å²) in [4.78, 5) is 12.9. The Labute approximate surface area is 168 Å². The van der Waals surface area contributed by atoms with Crippen molar-refractivity contribution in [1.82, 2.24) is 9.78 Å². The van der Waals surface area contributed by atoms with Gasteiger partial charge in [0.2, 0.25) is 0 Å². The lowest BCUT2D eigenvalue weighted by atomic mass is 9.76. The first-order valence-corrected chi connectivity index (χ1v) is 9.95. The molecule has 2 heterocycles. The van der Waals surface area contributed by atoms with Gasteiger partial charge in [-0.1, -0.05) is 41.9 Å². The van der Waals surface area contributed by atoms with Gasteiger partial charge in [-0.3, -0.25) is 4.79 Å². The number of allylic oxidation sites excluding steroid dienone is 2. The monoisotopic (exact) mass is 389 g/mol. The zero-order chi connectivity index (χ0) is 19.3. The lowest BCUT2D eigenvalue weighted by Gasteiger charge is -2.33. The molecule has 1 atom stereocenters. The summed E-state index contributed by atoms with van der Waals surface area (Å²) in [5.41, 5.74) is 5.99. The average molecular weight is 390 g/mol. The van der Waals surface area contributed by atoms with Crippen molar-refractivity contribution >= 4 is 23.2 Å². The molecule has 4 nitrogen and oxygen atoms in total. The normalized spacial score (nSPS) is 18.5. The number of aryl methyl sites for hydroxylation is 1. The van der Waals surface area contributed by atoms with Gasteiger partial charge in [-0.2, -0.15) is 5.10 Å². The van der Waals surface area contributed by atoms with Gasteiger partial charge < -0.3 is 5.32 Å². The van der Waals surface area contributed by atoms with Crippen LogP contribution in [0.2, 0.25) is 5.02 Å². The van der Waals surface area contributed by atoms with E-state index in [2.05, 4.69) is 5.32 Å². The van der Waals surface area contributed by atoms with E-state index in [1.54, 1.807) is 0 Å². The second-order valence-corrected chi connectivity index (χ2v) is 7.81. The van der Waals surface area contributed by atoms with E-state index in [9.17, 15) is 4.79 Å². The first kappa shape index (κ1) is 17.3. The topological polar surface area (TPSA) is 46.9 Å². The number of rotatable bonds is 2. The fourth-order valence-electron chi connectivity index (χ4n) is 4.37. The number of aromatic nitrogens is 2. The van der Waals surface area contributed by atoms with Crippen LogP contribution in [0.5, 0.6) is 0 Å². The lowest BCUT2D eigenvalue weighted by molar-refractivity contribution is -0.116. The van der Waals surface area contributed by atoms with Crippen LogP contribution < -0.4 is 5.32 Å². The molecule has 0 fully saturated rings. The number of carbonyl (C=O) groups excluding carboxylic acids is 1. The highest BCUT2D eigenvalue weighted by molar-refractivity contribution is 6.30. The minimum atomic E-state index is -0.117. The molecule has 0 spiro atoms. The third kappa shape index (κ3) is 2.68. The number of Topliss-reactive ketones (excluding diaryl/α,β-unsaturated/α-hetero) is 1. The molecular weight excluding hydrogens is 370 g/mol. The smallest absolute Gasteiger partial charge is 0.161 e. The van der Waals surface area contributed by atoms with Gasteiger partial charge in [-0.25, -0.2) is 4.68 Å². The Morgan fingerprint density at radius 2 is 1.82 bits per heavy atom. The second kappa shape index (κ2) is 6.64. The molecule has 0 radical (unpaired) electrons. The van der Waals surface area contributed by atoms with Crippen LogP contribution in [0.1, 0.15) is 42.0 Å². The number of para-hydroxylation sites is 1. The predicted molar refractivity (Wildman–Crippen MR) is 111 cm³/mol. The van der Waals surface area contributed by atoms with Crippen LogP contribution in [0.15, 0.2) is 65.9 Å². The fourth-order valence-corrected chi connectivity index (χ4v) is 4.49. The van der Waals surface area contributed by atoms with Crippen molar-refractivity contribution in [2.75, 3.05) is 5.32 Å². The number of halogens is 1. The Balaban J connectivity index is 1.75. The molecule has 5 rings (SSSR count). The van der Waals surface area contributed by atoms with E-state index in [4.69, 9.17) is 16.7 Å². The molecule has 0 bridgehead atoms. The molecule has 0 saturated heterocycles. The number of nitrogens with one attached hydrogen (secondary N) is 1. The summed E-state index contributed by atoms with van der Waals surface area (Å²) >= 11 is 6.12. The first-order valence-electron chi connectivity index (χ1n) is 9.57. The number of hydrogen-bond acceptors (Lipinski definition) is 3. The molecule has 0 unspecified atom stereocenters. The molecule has 5 heteroatoms. The molecular formula is C23H20ClN3O. The summed E-state index contributed by atoms with van der Waals surface area (Å²) in [5, 5.41) is 9.08. The number of carbonyl (C=O) groups is 1. The standard InChI is InChI=1S/C23H20ClN3O/c1-14-20-21(15-10-12-16(24)13-11-15)22-18(8-5-9-19(22)28)25-23(20)27(26-14)17-6-3-2-4-7-17/h2-4,6-7,10-13,21,25H,5,8-9H2,1H3/t21-/m1/s1. The Kier molecular flexibility index (Phi) is 4.09. The van der Waals surface area contributed by atoms with Gasteiger partial charge in [0.25, 0.3) is 0 Å². The number of benzene rings is 2. The minimum Gasteiger partial charge on any atom is -0.343 e. The Morgan fingerprint density at radius 3 is 2.57 bits per heavy atom. The molecule has 2 aliphatic rings. The van der Waals surface area contributed by atoms with Crippen LogP contribution in [-0.4, -0.2) is 15.6 Å². The SMILES string of the molecule is Cc1nn(-c2ccccc2)c2c1[C@@H](c1ccc(Cl)cc1)C1=C(CCCC1=O)N2. The van der Waals surface area contributed by atoms with Gasteiger partial charge in [0.1, 0.15) is 5.82 Å². The molecule has 1 aliphatic heterocycles. The van der Waals surface area contributed by atoms with Crippen molar-refractivity contribution in [3.05, 3.63) is 87.7 Å². The maximum absolute atomic E-state index is 12.9. The molecule has 1 N–H and O–H groups in total. The third-order valence-electron chi connectivity index (χ3n) is 5.61. The van der Waals surface area contributed by atoms with Crippen LogP contribution >= 0.6 is 11.6 Å². The van der Waals surface area contributed by atoms with E-state index in [-0.39, 0.29) is 11.7 Å². The van der Waals surface area contributed by atoms with E-state index in [1.165, 1.54) is 0 Å². The largest absolute Gasteiger partial charge is 0.343 e. The average Bonchev–Trinajstić information content (AvgIpc) is 3.04. The quantitative estimate of drug-likeness (QED) is 0.638. The van der Waals surface area contributed by atoms with E-state index >= 15 is 0 Å². The zero-order valence-electron chi connectivity index (χ0n) is 15.6. The fraction of sp³-hybridized carbons (Fsp3) is 0.217. The first-order chi connectivity index (χ1) is 13.6. The van der Waals surface area contributed by atoms with Crippen molar-refractivity contribution in [3.8, 4) is 5.69 Å². The molecule has 0 saturated carbocycles. The van der Waals surface area contributed by atoms with Crippen LogP contribution in [0.4, 0.5) is 5.82 Å².